The zero-order valence-electron chi connectivity index (χ0n) is 19.8. The fraction of sp³-hybridized carbons (Fsp3) is 0.480. The van der Waals surface area contributed by atoms with Crippen LogP contribution in [0.25, 0.3) is 10.9 Å². The first-order valence-electron chi connectivity index (χ1n) is 12.4. The highest BCUT2D eigenvalue weighted by Gasteiger charge is 2.62. The number of carbonyl (C=O) groups excluding carboxylic acids is 2. The molecule has 4 saturated heterocycles. The molecule has 0 radical (unpaired) electrons. The van der Waals surface area contributed by atoms with Crippen molar-refractivity contribution < 1.29 is 14.3 Å². The number of aromatic nitrogens is 1. The Hall–Kier alpha value is -3.33. The molecule has 10 nitrogen and oxygen atoms in total. The van der Waals surface area contributed by atoms with Gasteiger partial charge in [0.2, 0.25) is 0 Å². The number of nitrogens with one attached hydrogen (secondary N) is 1. The smallest absolute Gasteiger partial charge is 0.332 e. The van der Waals surface area contributed by atoms with E-state index in [1.165, 1.54) is 4.90 Å². The topological polar surface area (TPSA) is 105 Å². The van der Waals surface area contributed by atoms with Crippen LogP contribution in [0.5, 0.6) is 0 Å². The first kappa shape index (κ1) is 23.1. The summed E-state index contributed by atoms with van der Waals surface area (Å²) in [6.45, 7) is 5.90. The van der Waals surface area contributed by atoms with Crippen LogP contribution < -0.4 is 10.2 Å². The lowest BCUT2D eigenvalue weighted by Gasteiger charge is -2.36. The predicted molar refractivity (Wildman–Crippen MR) is 136 cm³/mol. The van der Waals surface area contributed by atoms with E-state index >= 15 is 0 Å². The lowest BCUT2D eigenvalue weighted by molar-refractivity contribution is -0.120. The lowest BCUT2D eigenvalue weighted by Crippen LogP contribution is -2.57. The van der Waals surface area contributed by atoms with Crippen molar-refractivity contribution >= 4 is 45.9 Å². The average molecular weight is 506 g/mol. The van der Waals surface area contributed by atoms with E-state index in [9.17, 15) is 14.9 Å². The Balaban J connectivity index is 1.16. The summed E-state index contributed by atoms with van der Waals surface area (Å²) in [4.78, 5) is 38.9. The molecule has 36 heavy (non-hydrogen) atoms. The summed E-state index contributed by atoms with van der Waals surface area (Å²) in [5.41, 5.74) is 1.36. The van der Waals surface area contributed by atoms with Crippen LogP contribution in [0, 0.1) is 11.3 Å². The number of carbonyl (C=O) groups is 2. The van der Waals surface area contributed by atoms with Crippen LogP contribution in [-0.2, 0) is 9.53 Å². The molecule has 1 N–H and O–H groups in total. The molecule has 2 unspecified atom stereocenters. The Morgan fingerprint density at radius 2 is 2.08 bits per heavy atom. The van der Waals surface area contributed by atoms with Gasteiger partial charge in [-0.3, -0.25) is 14.7 Å². The monoisotopic (exact) mass is 505 g/mol. The molecule has 2 bridgehead atoms. The van der Waals surface area contributed by atoms with Gasteiger partial charge in [-0.05, 0) is 55.9 Å². The molecular weight excluding hydrogens is 478 g/mol. The SMILES string of the molecule is N#Cc1ccc(N2C(=O)[C@@H]3C4CC(CN4C(=S)NCCCN4CCOCC4)N3C2=O)c2cccnc12. The van der Waals surface area contributed by atoms with Gasteiger partial charge in [-0.2, -0.15) is 5.26 Å². The third-order valence-electron chi connectivity index (χ3n) is 7.66. The zero-order chi connectivity index (χ0) is 24.8. The normalized spacial score (nSPS) is 25.5. The van der Waals surface area contributed by atoms with Crippen molar-refractivity contribution in [1.82, 2.24) is 25.0 Å². The second-order valence-electron chi connectivity index (χ2n) is 9.60. The number of benzene rings is 1. The third-order valence-corrected chi connectivity index (χ3v) is 8.04. The number of anilines is 1. The number of morpholine rings is 1. The molecule has 3 atom stereocenters. The molecule has 1 aromatic carbocycles. The highest BCUT2D eigenvalue weighted by molar-refractivity contribution is 7.80. The highest BCUT2D eigenvalue weighted by Crippen LogP contribution is 2.43. The van der Waals surface area contributed by atoms with Gasteiger partial charge in [0.05, 0.1) is 42.1 Å². The summed E-state index contributed by atoms with van der Waals surface area (Å²) in [6, 6.07) is 7.88. The Bertz CT molecular complexity index is 1270. The number of nitrogens with zero attached hydrogens (tertiary/aromatic N) is 6. The number of urea groups is 1. The molecule has 1 aromatic heterocycles. The van der Waals surface area contributed by atoms with Crippen LogP contribution >= 0.6 is 12.2 Å². The minimum absolute atomic E-state index is 0.0580. The number of imide groups is 1. The first-order valence-corrected chi connectivity index (χ1v) is 12.8. The Labute approximate surface area is 214 Å². The zero-order valence-corrected chi connectivity index (χ0v) is 20.6. The average Bonchev–Trinajstić information content (AvgIpc) is 3.58. The lowest BCUT2D eigenvalue weighted by atomic mass is 10.1. The number of hydrogen-bond donors (Lipinski definition) is 1. The Morgan fingerprint density at radius 1 is 1.25 bits per heavy atom. The summed E-state index contributed by atoms with van der Waals surface area (Å²) in [6.07, 6.45) is 3.32. The number of rotatable bonds is 5. The number of likely N-dealkylation sites (tertiary alicyclic amines) is 1. The van der Waals surface area contributed by atoms with Crippen molar-refractivity contribution in [2.75, 3.05) is 50.8 Å². The minimum atomic E-state index is -0.563. The molecule has 5 heterocycles. The first-order chi connectivity index (χ1) is 17.6. The maximum absolute atomic E-state index is 13.7. The van der Waals surface area contributed by atoms with Crippen molar-refractivity contribution in [3.05, 3.63) is 36.0 Å². The van der Waals surface area contributed by atoms with E-state index in [1.807, 2.05) is 0 Å². The number of amides is 3. The van der Waals surface area contributed by atoms with E-state index in [4.69, 9.17) is 17.0 Å². The Kier molecular flexibility index (Phi) is 5.95. The fourth-order valence-electron chi connectivity index (χ4n) is 5.98. The van der Waals surface area contributed by atoms with Gasteiger partial charge in [-0.1, -0.05) is 0 Å². The predicted octanol–water partition coefficient (Wildman–Crippen LogP) is 1.30. The minimum Gasteiger partial charge on any atom is -0.379 e. The van der Waals surface area contributed by atoms with E-state index in [2.05, 4.69) is 26.2 Å². The number of ether oxygens (including phenoxy) is 1. The van der Waals surface area contributed by atoms with Gasteiger partial charge in [0.15, 0.2) is 5.11 Å². The van der Waals surface area contributed by atoms with Crippen LogP contribution in [0.2, 0.25) is 0 Å². The number of fused-ring (bicyclic) bond motifs is 6. The molecule has 0 spiro atoms. The van der Waals surface area contributed by atoms with Crippen LogP contribution in [0.1, 0.15) is 18.4 Å². The van der Waals surface area contributed by atoms with Crippen molar-refractivity contribution in [2.45, 2.75) is 31.0 Å². The molecule has 4 fully saturated rings. The number of nitriles is 1. The van der Waals surface area contributed by atoms with Crippen LogP contribution in [-0.4, -0.2) is 101 Å². The molecule has 0 saturated carbocycles. The molecule has 11 heteroatoms. The molecule has 4 aliphatic heterocycles. The highest BCUT2D eigenvalue weighted by atomic mass is 32.1. The summed E-state index contributed by atoms with van der Waals surface area (Å²) in [5, 5.41) is 14.1. The van der Waals surface area contributed by atoms with E-state index < -0.39 is 6.04 Å². The standard InChI is InChI=1S/C25H27N7O3S/c26-14-16-4-5-19(18-3-1-6-27-21(16)18)32-23(33)22-20-13-17(31(22)25(32)34)15-30(20)24(36)28-7-2-8-29-9-11-35-12-10-29/h1,3-6,17,20,22H,2,7-13,15H2,(H,28,36)/t17?,20?,22-/m0/s1. The van der Waals surface area contributed by atoms with Gasteiger partial charge in [0, 0.05) is 37.8 Å². The largest absolute Gasteiger partial charge is 0.379 e. The second kappa shape index (κ2) is 9.28. The summed E-state index contributed by atoms with van der Waals surface area (Å²) in [7, 11) is 0. The van der Waals surface area contributed by atoms with Crippen LogP contribution in [0.3, 0.4) is 0 Å². The van der Waals surface area contributed by atoms with E-state index in [1.54, 1.807) is 35.4 Å². The van der Waals surface area contributed by atoms with Crippen molar-refractivity contribution in [1.29, 1.82) is 5.26 Å². The number of piperazine rings is 1. The maximum atomic E-state index is 13.7. The molecule has 3 amide bonds. The summed E-state index contributed by atoms with van der Waals surface area (Å²) in [5.74, 6) is -0.248. The molecule has 0 aliphatic carbocycles. The third kappa shape index (κ3) is 3.68. The molecule has 6 rings (SSSR count). The molecule has 186 valence electrons. The maximum Gasteiger partial charge on any atom is 0.332 e. The molecule has 4 aliphatic rings. The van der Waals surface area contributed by atoms with E-state index in [0.717, 1.165) is 52.2 Å². The second-order valence-corrected chi connectivity index (χ2v) is 9.99. The number of pyridine rings is 1. The van der Waals surface area contributed by atoms with Gasteiger partial charge in [-0.25, -0.2) is 9.69 Å². The van der Waals surface area contributed by atoms with E-state index in [0.29, 0.717) is 33.8 Å². The summed E-state index contributed by atoms with van der Waals surface area (Å²) >= 11 is 5.70. The van der Waals surface area contributed by atoms with Crippen LogP contribution in [0.15, 0.2) is 30.5 Å². The van der Waals surface area contributed by atoms with Gasteiger partial charge < -0.3 is 19.9 Å². The van der Waals surface area contributed by atoms with Gasteiger partial charge in [0.25, 0.3) is 5.91 Å². The van der Waals surface area contributed by atoms with Gasteiger partial charge in [0.1, 0.15) is 12.1 Å². The molecule has 2 aromatic rings. The summed E-state index contributed by atoms with van der Waals surface area (Å²) < 4.78 is 5.40. The van der Waals surface area contributed by atoms with Crippen molar-refractivity contribution in [3.63, 3.8) is 0 Å². The Morgan fingerprint density at radius 3 is 2.89 bits per heavy atom. The fourth-order valence-corrected chi connectivity index (χ4v) is 6.29. The van der Waals surface area contributed by atoms with Crippen molar-refractivity contribution in [3.8, 4) is 6.07 Å². The number of thiocarbonyl (C=S) groups is 1. The van der Waals surface area contributed by atoms with Gasteiger partial charge in [-0.15, -0.1) is 0 Å². The van der Waals surface area contributed by atoms with E-state index in [-0.39, 0.29) is 24.0 Å². The number of hydrogen-bond acceptors (Lipinski definition) is 7. The van der Waals surface area contributed by atoms with Crippen LogP contribution in [0.4, 0.5) is 10.5 Å². The van der Waals surface area contributed by atoms with Gasteiger partial charge >= 0.3 is 6.03 Å². The van der Waals surface area contributed by atoms with Crippen molar-refractivity contribution in [2.24, 2.45) is 0 Å². The quantitative estimate of drug-likeness (QED) is 0.366. The molecular formula is C25H27N7O3S.